The molecule has 0 atom stereocenters. The van der Waals surface area contributed by atoms with Crippen molar-refractivity contribution in [3.05, 3.63) is 17.6 Å². The Hall–Kier alpha value is -1.40. The molecule has 1 aromatic heterocycles. The number of amides is 1. The highest BCUT2D eigenvalue weighted by Gasteiger charge is 2.22. The summed E-state index contributed by atoms with van der Waals surface area (Å²) in [7, 11) is 0. The molecule has 22 heavy (non-hydrogen) atoms. The second-order valence-electron chi connectivity index (χ2n) is 5.79. The Morgan fingerprint density at radius 1 is 1.27 bits per heavy atom. The lowest BCUT2D eigenvalue weighted by Gasteiger charge is -2.35. The first-order valence-electron chi connectivity index (χ1n) is 7.59. The Kier molecular flexibility index (Phi) is 7.03. The van der Waals surface area contributed by atoms with Crippen molar-refractivity contribution >= 4 is 24.1 Å². The largest absolute Gasteiger partial charge is 0.353 e. The quantitative estimate of drug-likeness (QED) is 0.903. The molecule has 1 aliphatic rings. The molecule has 1 saturated heterocycles. The van der Waals surface area contributed by atoms with E-state index in [1.54, 1.807) is 0 Å². The highest BCUT2D eigenvalue weighted by Crippen LogP contribution is 2.18. The first kappa shape index (κ1) is 18.6. The normalized spacial score (nSPS) is 15.0. The number of halogens is 1. The van der Waals surface area contributed by atoms with Crippen molar-refractivity contribution in [3.63, 3.8) is 0 Å². The van der Waals surface area contributed by atoms with Crippen molar-refractivity contribution in [1.29, 1.82) is 0 Å². The molecule has 0 aromatic carbocycles. The molecule has 0 radical (unpaired) electrons. The third-order valence-corrected chi connectivity index (χ3v) is 3.69. The average Bonchev–Trinajstić information content (AvgIpc) is 2.47. The topological polar surface area (TPSA) is 75.3 Å². The smallest absolute Gasteiger partial charge is 0.223 e. The summed E-state index contributed by atoms with van der Waals surface area (Å²) in [5.74, 6) is 2.32. The molecule has 0 aliphatic carbocycles. The van der Waals surface area contributed by atoms with Gasteiger partial charge in [-0.15, -0.1) is 12.4 Å². The molecule has 1 aromatic rings. The monoisotopic (exact) mass is 327 g/mol. The molecule has 0 spiro atoms. The number of piperazine rings is 1. The van der Waals surface area contributed by atoms with Crippen LogP contribution in [0.4, 0.5) is 5.82 Å². The highest BCUT2D eigenvalue weighted by molar-refractivity contribution is 5.85. The zero-order valence-electron chi connectivity index (χ0n) is 13.6. The summed E-state index contributed by atoms with van der Waals surface area (Å²) in [6.07, 6.45) is 0.435. The summed E-state index contributed by atoms with van der Waals surface area (Å²) >= 11 is 0. The highest BCUT2D eigenvalue weighted by atomic mass is 35.5. The zero-order valence-corrected chi connectivity index (χ0v) is 14.4. The van der Waals surface area contributed by atoms with E-state index in [9.17, 15) is 4.79 Å². The number of carbonyl (C=O) groups excluding carboxylic acids is 1. The summed E-state index contributed by atoms with van der Waals surface area (Å²) < 4.78 is 0. The Morgan fingerprint density at radius 3 is 2.45 bits per heavy atom. The third kappa shape index (κ3) is 4.55. The molecule has 0 saturated carbocycles. The first-order chi connectivity index (χ1) is 10.0. The minimum atomic E-state index is 0. The Balaban J connectivity index is 0.00000242. The summed E-state index contributed by atoms with van der Waals surface area (Å²) in [4.78, 5) is 25.1. The molecular weight excluding hydrogens is 302 g/mol. The van der Waals surface area contributed by atoms with Crippen LogP contribution in [0.25, 0.3) is 0 Å². The predicted octanol–water partition coefficient (Wildman–Crippen LogP) is 1.33. The maximum absolute atomic E-state index is 11.8. The number of aryl methyl sites for hydroxylation is 1. The van der Waals surface area contributed by atoms with Gasteiger partial charge in [0.15, 0.2) is 0 Å². The minimum absolute atomic E-state index is 0. The van der Waals surface area contributed by atoms with Crippen molar-refractivity contribution in [1.82, 2.24) is 14.9 Å². The fourth-order valence-electron chi connectivity index (χ4n) is 2.46. The van der Waals surface area contributed by atoms with Gasteiger partial charge in [-0.25, -0.2) is 9.97 Å². The van der Waals surface area contributed by atoms with Crippen LogP contribution in [0.1, 0.15) is 37.7 Å². The lowest BCUT2D eigenvalue weighted by Crippen LogP contribution is -2.49. The van der Waals surface area contributed by atoms with Crippen molar-refractivity contribution in [2.45, 2.75) is 33.1 Å². The van der Waals surface area contributed by atoms with Crippen LogP contribution in [0, 0.1) is 6.92 Å². The van der Waals surface area contributed by atoms with E-state index in [2.05, 4.69) is 28.7 Å². The second kappa shape index (κ2) is 8.29. The summed E-state index contributed by atoms with van der Waals surface area (Å²) in [5.41, 5.74) is 6.43. The lowest BCUT2D eigenvalue weighted by molar-refractivity contribution is -0.131. The van der Waals surface area contributed by atoms with Crippen molar-refractivity contribution in [2.24, 2.45) is 5.73 Å². The molecule has 1 aliphatic heterocycles. The summed E-state index contributed by atoms with van der Waals surface area (Å²) in [5, 5.41) is 0. The lowest BCUT2D eigenvalue weighted by atomic mass is 10.2. The number of rotatable bonds is 4. The molecule has 2 N–H and O–H groups in total. The summed E-state index contributed by atoms with van der Waals surface area (Å²) in [6.45, 7) is 9.70. The SMILES string of the molecule is Cc1cc(N2CCN(C(=O)CCN)CC2)nc(C(C)C)n1.Cl. The van der Waals surface area contributed by atoms with Crippen LogP contribution >= 0.6 is 12.4 Å². The molecular formula is C15H26ClN5O. The minimum Gasteiger partial charge on any atom is -0.353 e. The van der Waals surface area contributed by atoms with Gasteiger partial charge in [-0.1, -0.05) is 13.8 Å². The molecule has 6 nitrogen and oxygen atoms in total. The Labute approximate surface area is 138 Å². The van der Waals surface area contributed by atoms with E-state index in [1.807, 2.05) is 17.9 Å². The van der Waals surface area contributed by atoms with Crippen molar-refractivity contribution in [2.75, 3.05) is 37.6 Å². The fraction of sp³-hybridized carbons (Fsp3) is 0.667. The van der Waals surface area contributed by atoms with Crippen molar-refractivity contribution in [3.8, 4) is 0 Å². The Bertz CT molecular complexity index is 501. The van der Waals surface area contributed by atoms with Gasteiger partial charge in [0.2, 0.25) is 5.91 Å². The second-order valence-corrected chi connectivity index (χ2v) is 5.79. The van der Waals surface area contributed by atoms with Gasteiger partial charge in [0.1, 0.15) is 11.6 Å². The zero-order chi connectivity index (χ0) is 15.4. The fourth-order valence-corrected chi connectivity index (χ4v) is 2.46. The molecule has 1 fully saturated rings. The molecule has 1 amide bonds. The van der Waals surface area contributed by atoms with Gasteiger partial charge in [-0.3, -0.25) is 4.79 Å². The van der Waals surface area contributed by atoms with E-state index in [1.165, 1.54) is 0 Å². The van der Waals surface area contributed by atoms with Crippen LogP contribution in [-0.2, 0) is 4.79 Å². The number of nitrogens with zero attached hydrogens (tertiary/aromatic N) is 4. The molecule has 0 unspecified atom stereocenters. The number of hydrogen-bond acceptors (Lipinski definition) is 5. The van der Waals surface area contributed by atoms with Gasteiger partial charge in [-0.2, -0.15) is 0 Å². The van der Waals surface area contributed by atoms with Crippen LogP contribution < -0.4 is 10.6 Å². The van der Waals surface area contributed by atoms with Gasteiger partial charge in [0.25, 0.3) is 0 Å². The van der Waals surface area contributed by atoms with Crippen LogP contribution in [0.2, 0.25) is 0 Å². The van der Waals surface area contributed by atoms with E-state index in [0.717, 1.165) is 43.5 Å². The average molecular weight is 328 g/mol. The maximum atomic E-state index is 11.8. The van der Waals surface area contributed by atoms with E-state index in [0.29, 0.717) is 18.9 Å². The van der Waals surface area contributed by atoms with E-state index in [4.69, 9.17) is 5.73 Å². The number of anilines is 1. The van der Waals surface area contributed by atoms with E-state index >= 15 is 0 Å². The van der Waals surface area contributed by atoms with Gasteiger partial charge < -0.3 is 15.5 Å². The van der Waals surface area contributed by atoms with Crippen LogP contribution in [0.5, 0.6) is 0 Å². The van der Waals surface area contributed by atoms with Gasteiger partial charge in [-0.05, 0) is 6.92 Å². The number of carbonyl (C=O) groups is 1. The van der Waals surface area contributed by atoms with Crippen LogP contribution in [-0.4, -0.2) is 53.5 Å². The molecule has 2 rings (SSSR count). The van der Waals surface area contributed by atoms with Crippen molar-refractivity contribution < 1.29 is 4.79 Å². The van der Waals surface area contributed by atoms with Crippen LogP contribution in [0.15, 0.2) is 6.07 Å². The number of aromatic nitrogens is 2. The Morgan fingerprint density at radius 2 is 1.91 bits per heavy atom. The molecule has 124 valence electrons. The van der Waals surface area contributed by atoms with Gasteiger partial charge in [0, 0.05) is 56.8 Å². The maximum Gasteiger partial charge on any atom is 0.223 e. The van der Waals surface area contributed by atoms with E-state index < -0.39 is 0 Å². The molecule has 7 heteroatoms. The third-order valence-electron chi connectivity index (χ3n) is 3.69. The predicted molar refractivity (Wildman–Crippen MR) is 90.6 cm³/mol. The number of nitrogens with two attached hydrogens (primary N) is 1. The molecule has 2 heterocycles. The van der Waals surface area contributed by atoms with Crippen LogP contribution in [0.3, 0.4) is 0 Å². The molecule has 0 bridgehead atoms. The van der Waals surface area contributed by atoms with Gasteiger partial charge >= 0.3 is 0 Å². The summed E-state index contributed by atoms with van der Waals surface area (Å²) in [6, 6.07) is 2.02. The first-order valence-corrected chi connectivity index (χ1v) is 7.59. The standard InChI is InChI=1S/C15H25N5O.ClH/c1-11(2)15-17-12(3)10-13(18-15)19-6-8-20(9-7-19)14(21)4-5-16;/h10-11H,4-9,16H2,1-3H3;1H. The number of hydrogen-bond donors (Lipinski definition) is 1. The van der Waals surface area contributed by atoms with Gasteiger partial charge in [0.05, 0.1) is 0 Å². The van der Waals surface area contributed by atoms with E-state index in [-0.39, 0.29) is 18.3 Å².